The molecular weight excluding hydrogens is 287 g/mol. The Bertz CT molecular complexity index is 629. The summed E-state index contributed by atoms with van der Waals surface area (Å²) in [4.78, 5) is 3.98. The molecule has 0 aliphatic heterocycles. The predicted octanol–water partition coefficient (Wildman–Crippen LogP) is 3.57. The second kappa shape index (κ2) is 6.01. The first-order valence-electron chi connectivity index (χ1n) is 5.98. The molecule has 0 amide bonds. The van der Waals surface area contributed by atoms with Crippen LogP contribution in [0.3, 0.4) is 0 Å². The van der Waals surface area contributed by atoms with Crippen LogP contribution in [0.1, 0.15) is 11.3 Å². The van der Waals surface area contributed by atoms with Crippen molar-refractivity contribution in [3.05, 3.63) is 47.8 Å². The molecule has 0 spiro atoms. The summed E-state index contributed by atoms with van der Waals surface area (Å²) in [7, 11) is 0. The van der Waals surface area contributed by atoms with E-state index < -0.39 is 12.1 Å². The van der Waals surface area contributed by atoms with Gasteiger partial charge in [0.15, 0.2) is 11.5 Å². The summed E-state index contributed by atoms with van der Waals surface area (Å²) < 4.78 is 46.4. The van der Waals surface area contributed by atoms with E-state index in [0.29, 0.717) is 11.3 Å². The van der Waals surface area contributed by atoms with Crippen LogP contribution in [0.4, 0.5) is 13.2 Å². The van der Waals surface area contributed by atoms with Gasteiger partial charge >= 0.3 is 6.36 Å². The molecule has 1 heterocycles. The maximum absolute atomic E-state index is 12.3. The van der Waals surface area contributed by atoms with Crippen LogP contribution in [0.25, 0.3) is 0 Å². The van der Waals surface area contributed by atoms with Gasteiger partial charge in [-0.1, -0.05) is 12.1 Å². The average Bonchev–Trinajstić information content (AvgIpc) is 2.40. The van der Waals surface area contributed by atoms with E-state index in [9.17, 15) is 18.3 Å². The van der Waals surface area contributed by atoms with Crippen LogP contribution in [0.15, 0.2) is 36.5 Å². The lowest BCUT2D eigenvalue weighted by Crippen LogP contribution is -2.17. The van der Waals surface area contributed by atoms with Crippen LogP contribution >= 0.6 is 0 Å². The summed E-state index contributed by atoms with van der Waals surface area (Å²) in [6, 6.07) is 6.94. The number of aliphatic hydroxyl groups is 1. The van der Waals surface area contributed by atoms with Crippen LogP contribution in [0.2, 0.25) is 0 Å². The number of pyridine rings is 1. The van der Waals surface area contributed by atoms with Crippen molar-refractivity contribution in [1.29, 1.82) is 0 Å². The average molecular weight is 299 g/mol. The zero-order valence-electron chi connectivity index (χ0n) is 11.0. The number of halogens is 3. The van der Waals surface area contributed by atoms with Crippen molar-refractivity contribution in [1.82, 2.24) is 4.98 Å². The number of benzene rings is 1. The number of nitrogens with zero attached hydrogens (tertiary/aromatic N) is 1. The zero-order chi connectivity index (χ0) is 15.5. The van der Waals surface area contributed by atoms with Crippen molar-refractivity contribution in [3.8, 4) is 17.2 Å². The van der Waals surface area contributed by atoms with E-state index >= 15 is 0 Å². The van der Waals surface area contributed by atoms with Gasteiger partial charge in [0.05, 0.1) is 6.61 Å². The Kier molecular flexibility index (Phi) is 4.32. The van der Waals surface area contributed by atoms with Gasteiger partial charge in [0, 0.05) is 23.5 Å². The van der Waals surface area contributed by atoms with E-state index in [-0.39, 0.29) is 18.1 Å². The molecule has 2 aromatic rings. The fourth-order valence-corrected chi connectivity index (χ4v) is 1.64. The normalized spacial score (nSPS) is 11.3. The van der Waals surface area contributed by atoms with Gasteiger partial charge in [0.2, 0.25) is 0 Å². The Labute approximate surface area is 118 Å². The minimum atomic E-state index is -4.81. The zero-order valence-corrected chi connectivity index (χ0v) is 11.0. The predicted molar refractivity (Wildman–Crippen MR) is 68.1 cm³/mol. The molecule has 2 rings (SSSR count). The van der Waals surface area contributed by atoms with Gasteiger partial charge in [-0.05, 0) is 19.1 Å². The molecule has 1 aromatic heterocycles. The molecular formula is C14H12F3NO3. The lowest BCUT2D eigenvalue weighted by atomic mass is 10.2. The lowest BCUT2D eigenvalue weighted by Gasteiger charge is -2.15. The molecule has 4 nitrogen and oxygen atoms in total. The summed E-state index contributed by atoms with van der Waals surface area (Å²) in [5.41, 5.74) is 0.971. The van der Waals surface area contributed by atoms with E-state index in [2.05, 4.69) is 9.72 Å². The molecule has 7 heteroatoms. The molecule has 1 N–H and O–H groups in total. The molecule has 21 heavy (non-hydrogen) atoms. The van der Waals surface area contributed by atoms with E-state index in [1.807, 2.05) is 0 Å². The van der Waals surface area contributed by atoms with Crippen LogP contribution < -0.4 is 9.47 Å². The number of hydrogen-bond acceptors (Lipinski definition) is 4. The van der Waals surface area contributed by atoms with Crippen LogP contribution in [-0.2, 0) is 6.61 Å². The van der Waals surface area contributed by atoms with Crippen molar-refractivity contribution in [2.24, 2.45) is 0 Å². The largest absolute Gasteiger partial charge is 0.573 e. The van der Waals surface area contributed by atoms with E-state index in [1.165, 1.54) is 30.5 Å². The Morgan fingerprint density at radius 2 is 1.81 bits per heavy atom. The topological polar surface area (TPSA) is 51.6 Å². The van der Waals surface area contributed by atoms with Gasteiger partial charge in [0.1, 0.15) is 5.75 Å². The summed E-state index contributed by atoms with van der Waals surface area (Å²) in [6.07, 6.45) is -3.41. The molecule has 0 saturated carbocycles. The van der Waals surface area contributed by atoms with Crippen LogP contribution in [0, 0.1) is 6.92 Å². The summed E-state index contributed by atoms with van der Waals surface area (Å²) in [5, 5.41) is 9.21. The van der Waals surface area contributed by atoms with Crippen molar-refractivity contribution in [2.45, 2.75) is 19.9 Å². The van der Waals surface area contributed by atoms with E-state index in [4.69, 9.17) is 4.74 Å². The number of rotatable bonds is 4. The van der Waals surface area contributed by atoms with Crippen molar-refractivity contribution < 1.29 is 27.8 Å². The third-order valence-electron chi connectivity index (χ3n) is 2.55. The number of ether oxygens (including phenoxy) is 2. The van der Waals surface area contributed by atoms with Crippen LogP contribution in [0.5, 0.6) is 17.2 Å². The number of hydrogen-bond donors (Lipinski definition) is 1. The quantitative estimate of drug-likeness (QED) is 0.937. The molecule has 0 fully saturated rings. The second-order valence-electron chi connectivity index (χ2n) is 4.19. The fourth-order valence-electron chi connectivity index (χ4n) is 1.64. The molecule has 0 atom stereocenters. The molecule has 0 aliphatic carbocycles. The van der Waals surface area contributed by atoms with E-state index in [1.54, 1.807) is 6.92 Å². The van der Waals surface area contributed by atoms with Crippen molar-refractivity contribution in [2.75, 3.05) is 0 Å². The first kappa shape index (κ1) is 15.1. The highest BCUT2D eigenvalue weighted by Gasteiger charge is 2.32. The molecule has 0 bridgehead atoms. The SMILES string of the molecule is Cc1cc(Oc2ccccc2OC(F)(F)F)c(CO)cn1. The molecule has 0 saturated heterocycles. The summed E-state index contributed by atoms with van der Waals surface area (Å²) in [5.74, 6) is -0.332. The molecule has 0 aliphatic rings. The Morgan fingerprint density at radius 1 is 1.14 bits per heavy atom. The van der Waals surface area contributed by atoms with Gasteiger partial charge in [-0.2, -0.15) is 0 Å². The van der Waals surface area contributed by atoms with Crippen LogP contribution in [-0.4, -0.2) is 16.5 Å². The highest BCUT2D eigenvalue weighted by atomic mass is 19.4. The number of aryl methyl sites for hydroxylation is 1. The maximum atomic E-state index is 12.3. The minimum absolute atomic E-state index is 0.102. The fraction of sp³-hybridized carbons (Fsp3) is 0.214. The number of aromatic nitrogens is 1. The van der Waals surface area contributed by atoms with E-state index in [0.717, 1.165) is 6.07 Å². The third-order valence-corrected chi connectivity index (χ3v) is 2.55. The highest BCUT2D eigenvalue weighted by Crippen LogP contribution is 2.36. The third kappa shape index (κ3) is 4.09. The van der Waals surface area contributed by atoms with Gasteiger partial charge in [-0.3, -0.25) is 4.98 Å². The Hall–Kier alpha value is -2.28. The maximum Gasteiger partial charge on any atom is 0.573 e. The minimum Gasteiger partial charge on any atom is -0.453 e. The smallest absolute Gasteiger partial charge is 0.453 e. The number of para-hydroxylation sites is 2. The summed E-state index contributed by atoms with van der Waals surface area (Å²) >= 11 is 0. The Morgan fingerprint density at radius 3 is 2.43 bits per heavy atom. The molecule has 112 valence electrons. The Balaban J connectivity index is 2.34. The number of alkyl halides is 3. The standard InChI is InChI=1S/C14H12F3NO3/c1-9-6-13(10(8-19)7-18-9)20-11-4-2-3-5-12(11)21-14(15,16)17/h2-7,19H,8H2,1H3. The molecule has 1 aromatic carbocycles. The highest BCUT2D eigenvalue weighted by molar-refractivity contribution is 5.44. The molecule has 0 radical (unpaired) electrons. The number of aliphatic hydroxyl groups excluding tert-OH is 1. The van der Waals surface area contributed by atoms with Crippen molar-refractivity contribution >= 4 is 0 Å². The van der Waals surface area contributed by atoms with Crippen molar-refractivity contribution in [3.63, 3.8) is 0 Å². The molecule has 0 unspecified atom stereocenters. The lowest BCUT2D eigenvalue weighted by molar-refractivity contribution is -0.275. The van der Waals surface area contributed by atoms with Gasteiger partial charge in [0.25, 0.3) is 0 Å². The second-order valence-corrected chi connectivity index (χ2v) is 4.19. The first-order valence-corrected chi connectivity index (χ1v) is 5.98. The first-order chi connectivity index (χ1) is 9.89. The van der Waals surface area contributed by atoms with Gasteiger partial charge in [-0.15, -0.1) is 13.2 Å². The van der Waals surface area contributed by atoms with Gasteiger partial charge < -0.3 is 14.6 Å². The summed E-state index contributed by atoms with van der Waals surface area (Å²) in [6.45, 7) is 1.36. The van der Waals surface area contributed by atoms with Gasteiger partial charge in [-0.25, -0.2) is 0 Å². The monoisotopic (exact) mass is 299 g/mol.